The van der Waals surface area contributed by atoms with Crippen molar-refractivity contribution in [3.8, 4) is 0 Å². The minimum atomic E-state index is 0.412. The van der Waals surface area contributed by atoms with Crippen LogP contribution in [0.15, 0.2) is 0 Å². The van der Waals surface area contributed by atoms with Crippen LogP contribution in [0.25, 0.3) is 0 Å². The van der Waals surface area contributed by atoms with Gasteiger partial charge in [-0.3, -0.25) is 4.90 Å². The Morgan fingerprint density at radius 1 is 1.56 bits per heavy atom. The van der Waals surface area contributed by atoms with Crippen LogP contribution in [0.2, 0.25) is 0 Å². The summed E-state index contributed by atoms with van der Waals surface area (Å²) in [5, 5.41) is 0. The maximum Gasteiger partial charge on any atom is 0.110 e. The van der Waals surface area contributed by atoms with Crippen LogP contribution in [-0.2, 0) is 4.74 Å². The van der Waals surface area contributed by atoms with Crippen molar-refractivity contribution in [2.24, 2.45) is 0 Å². The van der Waals surface area contributed by atoms with Crippen LogP contribution >= 0.6 is 0 Å². The Kier molecular flexibility index (Phi) is 2.49. The minimum absolute atomic E-state index is 0.412. The van der Waals surface area contributed by atoms with Crippen molar-refractivity contribution >= 4 is 0 Å². The highest BCUT2D eigenvalue weighted by molar-refractivity contribution is 4.65. The average molecular weight is 129 g/mol. The van der Waals surface area contributed by atoms with E-state index in [0.29, 0.717) is 6.23 Å². The fourth-order valence-corrected chi connectivity index (χ4v) is 1.29. The summed E-state index contributed by atoms with van der Waals surface area (Å²) in [5.74, 6) is 0. The zero-order valence-corrected chi connectivity index (χ0v) is 6.26. The van der Waals surface area contributed by atoms with Crippen molar-refractivity contribution in [3.63, 3.8) is 0 Å². The lowest BCUT2D eigenvalue weighted by atomic mass is 10.4. The molecule has 0 bridgehead atoms. The molecule has 1 fully saturated rings. The van der Waals surface area contributed by atoms with Crippen molar-refractivity contribution in [1.29, 1.82) is 0 Å². The molecule has 0 aromatic heterocycles. The second-order valence-corrected chi connectivity index (χ2v) is 2.36. The molecule has 1 saturated heterocycles. The summed E-state index contributed by atoms with van der Waals surface area (Å²) in [7, 11) is 0. The van der Waals surface area contributed by atoms with Crippen LogP contribution in [0.1, 0.15) is 20.3 Å². The topological polar surface area (TPSA) is 12.5 Å². The lowest BCUT2D eigenvalue weighted by Gasteiger charge is -2.18. The van der Waals surface area contributed by atoms with E-state index < -0.39 is 0 Å². The molecule has 54 valence electrons. The van der Waals surface area contributed by atoms with Gasteiger partial charge in [0.15, 0.2) is 0 Å². The molecule has 2 heteroatoms. The molecule has 0 spiro atoms. The molecule has 1 heterocycles. The third-order valence-electron chi connectivity index (χ3n) is 1.85. The van der Waals surface area contributed by atoms with Gasteiger partial charge in [-0.1, -0.05) is 13.8 Å². The maximum absolute atomic E-state index is 5.43. The minimum Gasteiger partial charge on any atom is -0.362 e. The first kappa shape index (κ1) is 7.03. The van der Waals surface area contributed by atoms with E-state index in [0.717, 1.165) is 26.1 Å². The van der Waals surface area contributed by atoms with Gasteiger partial charge in [0.05, 0.1) is 6.61 Å². The van der Waals surface area contributed by atoms with Crippen molar-refractivity contribution < 1.29 is 4.74 Å². The van der Waals surface area contributed by atoms with Crippen molar-refractivity contribution in [2.75, 3.05) is 19.7 Å². The van der Waals surface area contributed by atoms with Crippen LogP contribution < -0.4 is 0 Å². The Morgan fingerprint density at radius 3 is 2.78 bits per heavy atom. The normalized spacial score (nSPS) is 29.3. The number of rotatable bonds is 2. The van der Waals surface area contributed by atoms with Crippen LogP contribution in [0, 0.1) is 0 Å². The van der Waals surface area contributed by atoms with Gasteiger partial charge < -0.3 is 4.74 Å². The van der Waals surface area contributed by atoms with Crippen LogP contribution in [0.3, 0.4) is 0 Å². The predicted octanol–water partition coefficient (Wildman–Crippen LogP) is 1.07. The Balaban J connectivity index is 2.32. The summed E-state index contributed by atoms with van der Waals surface area (Å²) in [6.45, 7) is 7.51. The van der Waals surface area contributed by atoms with Crippen molar-refractivity contribution in [2.45, 2.75) is 26.5 Å². The summed E-state index contributed by atoms with van der Waals surface area (Å²) >= 11 is 0. The number of hydrogen-bond donors (Lipinski definition) is 0. The molecular formula is C7H15NO. The molecule has 1 aliphatic rings. The lowest BCUT2D eigenvalue weighted by Crippen LogP contribution is -2.28. The van der Waals surface area contributed by atoms with Crippen LogP contribution in [-0.4, -0.2) is 30.8 Å². The first-order valence-electron chi connectivity index (χ1n) is 3.74. The fourth-order valence-electron chi connectivity index (χ4n) is 1.29. The number of nitrogens with zero attached hydrogens (tertiary/aromatic N) is 1. The zero-order chi connectivity index (χ0) is 6.69. The van der Waals surface area contributed by atoms with Gasteiger partial charge in [-0.15, -0.1) is 0 Å². The molecule has 2 nitrogen and oxygen atoms in total. The van der Waals surface area contributed by atoms with Gasteiger partial charge in [0, 0.05) is 6.54 Å². The molecule has 0 saturated carbocycles. The van der Waals surface area contributed by atoms with E-state index in [1.165, 1.54) is 0 Å². The van der Waals surface area contributed by atoms with Gasteiger partial charge >= 0.3 is 0 Å². The summed E-state index contributed by atoms with van der Waals surface area (Å²) in [6, 6.07) is 0. The van der Waals surface area contributed by atoms with E-state index in [1.54, 1.807) is 0 Å². The summed E-state index contributed by atoms with van der Waals surface area (Å²) in [6.07, 6.45) is 1.53. The number of likely N-dealkylation sites (N-methyl/N-ethyl adjacent to an activating group) is 1. The summed E-state index contributed by atoms with van der Waals surface area (Å²) in [5.41, 5.74) is 0. The van der Waals surface area contributed by atoms with E-state index in [9.17, 15) is 0 Å². The zero-order valence-electron chi connectivity index (χ0n) is 6.26. The van der Waals surface area contributed by atoms with Crippen LogP contribution in [0.5, 0.6) is 0 Å². The fraction of sp³-hybridized carbons (Fsp3) is 1.00. The first-order valence-corrected chi connectivity index (χ1v) is 3.74. The smallest absolute Gasteiger partial charge is 0.110 e. The predicted molar refractivity (Wildman–Crippen MR) is 37.3 cm³/mol. The Hall–Kier alpha value is -0.0800. The van der Waals surface area contributed by atoms with E-state index in [1.807, 2.05) is 0 Å². The summed E-state index contributed by atoms with van der Waals surface area (Å²) in [4.78, 5) is 2.36. The third kappa shape index (κ3) is 1.43. The molecule has 0 amide bonds. The highest BCUT2D eigenvalue weighted by Crippen LogP contribution is 2.11. The Bertz CT molecular complexity index is 75.0. The van der Waals surface area contributed by atoms with E-state index in [2.05, 4.69) is 18.7 Å². The molecule has 1 rings (SSSR count). The van der Waals surface area contributed by atoms with E-state index in [4.69, 9.17) is 4.74 Å². The van der Waals surface area contributed by atoms with E-state index >= 15 is 0 Å². The van der Waals surface area contributed by atoms with Gasteiger partial charge in [-0.05, 0) is 13.0 Å². The van der Waals surface area contributed by atoms with Crippen molar-refractivity contribution in [3.05, 3.63) is 0 Å². The quantitative estimate of drug-likeness (QED) is 0.553. The maximum atomic E-state index is 5.43. The number of hydrogen-bond acceptors (Lipinski definition) is 2. The van der Waals surface area contributed by atoms with Gasteiger partial charge in [0.25, 0.3) is 0 Å². The largest absolute Gasteiger partial charge is 0.362 e. The molecular weight excluding hydrogens is 114 g/mol. The summed E-state index contributed by atoms with van der Waals surface area (Å²) < 4.78 is 5.43. The first-order chi connectivity index (χ1) is 4.38. The van der Waals surface area contributed by atoms with E-state index in [-0.39, 0.29) is 0 Å². The molecule has 0 N–H and O–H groups in total. The SMILES string of the molecule is CCC1OCCN1CC. The highest BCUT2D eigenvalue weighted by atomic mass is 16.5. The average Bonchev–Trinajstić information content (AvgIpc) is 2.33. The second-order valence-electron chi connectivity index (χ2n) is 2.36. The van der Waals surface area contributed by atoms with Gasteiger partial charge in [0.1, 0.15) is 6.23 Å². The Morgan fingerprint density at radius 2 is 2.33 bits per heavy atom. The van der Waals surface area contributed by atoms with Gasteiger partial charge in [-0.25, -0.2) is 0 Å². The monoisotopic (exact) mass is 129 g/mol. The third-order valence-corrected chi connectivity index (χ3v) is 1.85. The van der Waals surface area contributed by atoms with Gasteiger partial charge in [-0.2, -0.15) is 0 Å². The van der Waals surface area contributed by atoms with Crippen molar-refractivity contribution in [1.82, 2.24) is 4.90 Å². The molecule has 9 heavy (non-hydrogen) atoms. The second kappa shape index (κ2) is 3.18. The number of ether oxygens (including phenoxy) is 1. The molecule has 0 aromatic carbocycles. The molecule has 1 unspecified atom stereocenters. The van der Waals surface area contributed by atoms with Crippen LogP contribution in [0.4, 0.5) is 0 Å². The molecule has 0 aromatic rings. The highest BCUT2D eigenvalue weighted by Gasteiger charge is 2.20. The Labute approximate surface area is 56.8 Å². The molecule has 1 atom stereocenters. The van der Waals surface area contributed by atoms with Gasteiger partial charge in [0.2, 0.25) is 0 Å². The standard InChI is InChI=1S/C7H15NO/c1-3-7-8(4-2)5-6-9-7/h7H,3-6H2,1-2H3. The molecule has 1 aliphatic heterocycles. The molecule has 0 radical (unpaired) electrons. The molecule has 0 aliphatic carbocycles. The lowest BCUT2D eigenvalue weighted by molar-refractivity contribution is 0.0338.